The topological polar surface area (TPSA) is 57.4 Å². The molecule has 0 radical (unpaired) electrons. The molecule has 0 saturated heterocycles. The van der Waals surface area contributed by atoms with Gasteiger partial charge in [-0.05, 0) is 48.6 Å². The maximum Gasteiger partial charge on any atom is 2.00 e. The minimum atomic E-state index is -2.72. The molecule has 0 atom stereocenters. The van der Waals surface area contributed by atoms with Crippen LogP contribution in [-0.4, -0.2) is 19.9 Å². The van der Waals surface area contributed by atoms with Crippen LogP contribution in [0.1, 0.15) is 22.8 Å². The zero-order valence-electron chi connectivity index (χ0n) is 32.8. The van der Waals surface area contributed by atoms with Crippen LogP contribution in [0.3, 0.4) is 0 Å². The third kappa shape index (κ3) is 7.01. The summed E-state index contributed by atoms with van der Waals surface area (Å²) >= 11 is 0. The van der Waals surface area contributed by atoms with E-state index < -0.39 is 206 Å². The van der Waals surface area contributed by atoms with Crippen LogP contribution in [0.15, 0.2) is 24.3 Å². The van der Waals surface area contributed by atoms with Gasteiger partial charge in [-0.25, -0.2) is 97.8 Å². The van der Waals surface area contributed by atoms with Gasteiger partial charge in [0, 0.05) is 44.3 Å². The van der Waals surface area contributed by atoms with Crippen LogP contribution in [-0.2, 0) is 19.5 Å². The van der Waals surface area contributed by atoms with Gasteiger partial charge >= 0.3 is 19.5 Å². The summed E-state index contributed by atoms with van der Waals surface area (Å²) in [5.41, 5.74) is -20.5. The van der Waals surface area contributed by atoms with E-state index in [1.807, 2.05) is 0 Å². The number of hydrogen-bond donors (Lipinski definition) is 2. The quantitative estimate of drug-likeness (QED) is 0.0799. The van der Waals surface area contributed by atoms with E-state index >= 15 is 35.1 Å². The Morgan fingerprint density at radius 3 is 0.522 bits per heavy atom. The number of fused-ring (bicyclic) bond motifs is 8. The van der Waals surface area contributed by atoms with Crippen LogP contribution >= 0.6 is 0 Å². The molecule has 4 aromatic carbocycles. The van der Waals surface area contributed by atoms with E-state index in [1.54, 1.807) is 0 Å². The summed E-state index contributed by atoms with van der Waals surface area (Å²) in [4.78, 5) is 12.3. The first-order chi connectivity index (χ1) is 32.1. The standard InChI is InChI=1S/C44H10F20N4.Zn/c45-25-21(26(46)34(54)41(61)33(25)53)17-9-1-2-10(65-9)18(22-27(47)35(55)42(62)36(56)28(22)48)12-5-6-14(67-12)20(24-31(51)39(59)44(64)40(60)32(24)52)16-8-7-15(68-16)19(13-4-3-11(17)66-13)23-29(49)37(57)43(63)38(58)30(23)50;/h1-8,65,68H;/q;+2. The number of nitrogens with zero attached hydrogens (tertiary/aromatic N) is 2. The van der Waals surface area contributed by atoms with Gasteiger partial charge in [-0.15, -0.1) is 0 Å². The fourth-order valence-corrected chi connectivity index (χ4v) is 7.56. The largest absolute Gasteiger partial charge is 2.00 e. The average Bonchev–Trinajstić information content (AvgIpc) is 4.18. The fraction of sp³-hybridized carbons (Fsp3) is 0. The molecule has 2 aliphatic heterocycles. The van der Waals surface area contributed by atoms with Crippen molar-refractivity contribution in [3.8, 4) is 44.5 Å². The molecular weight excluding hydrogens is 1030 g/mol. The van der Waals surface area contributed by atoms with E-state index in [-0.39, 0.29) is 19.5 Å². The second-order valence-corrected chi connectivity index (χ2v) is 14.3. The monoisotopic (exact) mass is 1040 g/mol. The molecule has 3 aromatic heterocycles. The predicted octanol–water partition coefficient (Wildman–Crippen LogP) is 14.1. The van der Waals surface area contributed by atoms with Gasteiger partial charge in [-0.3, -0.25) is 0 Å². The Hall–Kier alpha value is -7.30. The second-order valence-electron chi connectivity index (χ2n) is 14.3. The van der Waals surface area contributed by atoms with Crippen molar-refractivity contribution in [1.82, 2.24) is 19.9 Å². The number of rotatable bonds is 4. The van der Waals surface area contributed by atoms with Crippen molar-refractivity contribution in [3.63, 3.8) is 0 Å². The molecule has 5 heterocycles. The summed E-state index contributed by atoms with van der Waals surface area (Å²) in [5, 5.41) is 0. The maximum absolute atomic E-state index is 15.8. The molecule has 0 unspecified atom stereocenters. The molecule has 9 rings (SSSR count). The van der Waals surface area contributed by atoms with Gasteiger partial charge in [0.1, 0.15) is 0 Å². The van der Waals surface area contributed by atoms with E-state index in [9.17, 15) is 52.7 Å². The van der Waals surface area contributed by atoms with E-state index in [0.29, 0.717) is 48.6 Å². The molecule has 0 amide bonds. The first kappa shape index (κ1) is 48.2. The Bertz CT molecular complexity index is 3120. The summed E-state index contributed by atoms with van der Waals surface area (Å²) in [5.74, 6) is -52.6. The molecule has 0 saturated carbocycles. The van der Waals surface area contributed by atoms with E-state index in [2.05, 4.69) is 19.9 Å². The fourth-order valence-electron chi connectivity index (χ4n) is 7.56. The van der Waals surface area contributed by atoms with Crippen LogP contribution < -0.4 is 0 Å². The molecule has 0 fully saturated rings. The van der Waals surface area contributed by atoms with Crippen LogP contribution in [0, 0.1) is 116 Å². The van der Waals surface area contributed by atoms with Gasteiger partial charge in [-0.1, -0.05) is 0 Å². The summed E-state index contributed by atoms with van der Waals surface area (Å²) in [7, 11) is 0. The second kappa shape index (κ2) is 17.0. The molecule has 346 valence electrons. The summed E-state index contributed by atoms with van der Waals surface area (Å²) in [6.45, 7) is 0. The first-order valence-electron chi connectivity index (χ1n) is 18.3. The van der Waals surface area contributed by atoms with Gasteiger partial charge in [0.15, 0.2) is 93.1 Å². The summed E-state index contributed by atoms with van der Waals surface area (Å²) in [6.07, 6.45) is 2.40. The molecule has 2 N–H and O–H groups in total. The number of halogens is 20. The van der Waals surface area contributed by atoms with Gasteiger partial charge in [0.25, 0.3) is 0 Å². The molecule has 8 bridgehead atoms. The third-order valence-electron chi connectivity index (χ3n) is 10.6. The average molecular weight is 1040 g/mol. The number of aromatic nitrogens is 4. The zero-order valence-corrected chi connectivity index (χ0v) is 35.7. The minimum Gasteiger partial charge on any atom is -0.354 e. The minimum absolute atomic E-state index is 0. The van der Waals surface area contributed by atoms with Gasteiger partial charge in [-0.2, -0.15) is 0 Å². The normalized spacial score (nSPS) is 12.1. The Morgan fingerprint density at radius 2 is 0.362 bits per heavy atom. The van der Waals surface area contributed by atoms with E-state index in [4.69, 9.17) is 0 Å². The number of aromatic amines is 2. The van der Waals surface area contributed by atoms with Gasteiger partial charge in [0.05, 0.1) is 45.0 Å². The van der Waals surface area contributed by atoms with Crippen LogP contribution in [0.2, 0.25) is 0 Å². The molecular formula is C44H10F20N4Zn+2. The molecule has 4 nitrogen and oxygen atoms in total. The SMILES string of the molecule is Fc1c(F)c(F)c(-c2c3nc(c(-c4c(F)c(F)c(F)c(F)c4F)c4ccc([nH]4)c(-c4c(F)c(F)c(F)c(F)c4F)c4nc(c(-c5c(F)c(F)c(F)c(F)c5F)c5ccc2[nH]5)C=C4)C=C3)c(F)c1F.[Zn+2]. The number of benzene rings is 4. The smallest absolute Gasteiger partial charge is 0.354 e. The maximum atomic E-state index is 15.8. The number of H-pyrrole nitrogens is 2. The van der Waals surface area contributed by atoms with Crippen molar-refractivity contribution in [3.05, 3.63) is 163 Å². The van der Waals surface area contributed by atoms with Crippen molar-refractivity contribution in [2.45, 2.75) is 0 Å². The van der Waals surface area contributed by atoms with Crippen molar-refractivity contribution in [2.24, 2.45) is 0 Å². The van der Waals surface area contributed by atoms with Crippen molar-refractivity contribution < 1.29 is 107 Å². The predicted molar refractivity (Wildman–Crippen MR) is 200 cm³/mol. The van der Waals surface area contributed by atoms with Crippen LogP contribution in [0.5, 0.6) is 0 Å². The van der Waals surface area contributed by atoms with Gasteiger partial charge in [0.2, 0.25) is 23.3 Å². The van der Waals surface area contributed by atoms with Crippen molar-refractivity contribution in [1.29, 1.82) is 0 Å². The molecule has 7 aromatic rings. The molecule has 2 aliphatic rings. The Morgan fingerprint density at radius 1 is 0.217 bits per heavy atom. The number of hydrogen-bond acceptors (Lipinski definition) is 2. The molecule has 25 heteroatoms. The van der Waals surface area contributed by atoms with Gasteiger partial charge < -0.3 is 9.97 Å². The Kier molecular flexibility index (Phi) is 11.9. The third-order valence-corrected chi connectivity index (χ3v) is 10.6. The Balaban J connectivity index is 0.00000642. The van der Waals surface area contributed by atoms with E-state index in [0.717, 1.165) is 0 Å². The summed E-state index contributed by atoms with van der Waals surface area (Å²) in [6, 6.07) is 2.51. The van der Waals surface area contributed by atoms with Crippen LogP contribution in [0.25, 0.3) is 90.9 Å². The first-order valence-corrected chi connectivity index (χ1v) is 18.3. The van der Waals surface area contributed by atoms with Crippen molar-refractivity contribution >= 4 is 46.4 Å². The molecule has 0 aliphatic carbocycles. The zero-order chi connectivity index (χ0) is 49.3. The van der Waals surface area contributed by atoms with Crippen LogP contribution in [0.4, 0.5) is 87.8 Å². The molecule has 0 spiro atoms. The van der Waals surface area contributed by atoms with E-state index in [1.165, 1.54) is 0 Å². The molecule has 69 heavy (non-hydrogen) atoms. The number of nitrogens with one attached hydrogen (secondary N) is 2. The summed E-state index contributed by atoms with van der Waals surface area (Å²) < 4.78 is 303. The Labute approximate surface area is 380 Å². The van der Waals surface area contributed by atoms with Crippen molar-refractivity contribution in [2.75, 3.05) is 0 Å².